The van der Waals surface area contributed by atoms with Crippen LogP contribution >= 0.6 is 0 Å². The Hall–Kier alpha value is -0.790. The molecule has 0 spiro atoms. The van der Waals surface area contributed by atoms with Gasteiger partial charge in [-0.3, -0.25) is 4.79 Å². The first kappa shape index (κ1) is 6.89. The molecule has 0 aliphatic heterocycles. The van der Waals surface area contributed by atoms with Crippen LogP contribution in [0.5, 0.6) is 0 Å². The van der Waals surface area contributed by atoms with Crippen molar-refractivity contribution in [3.8, 4) is 0 Å². The molecule has 1 saturated carbocycles. The lowest BCUT2D eigenvalue weighted by Gasteiger charge is -2.35. The van der Waals surface area contributed by atoms with E-state index < -0.39 is 5.97 Å². The Kier molecular flexibility index (Phi) is 1.48. The van der Waals surface area contributed by atoms with Crippen LogP contribution in [-0.2, 0) is 4.79 Å². The molecule has 2 bridgehead atoms. The number of allylic oxidation sites excluding steroid dienone is 2. The Morgan fingerprint density at radius 2 is 2.18 bits per heavy atom. The Balaban J connectivity index is 2.17. The molecule has 60 valence electrons. The fraction of sp³-hybridized carbons (Fsp3) is 0.667. The molecule has 0 unspecified atom stereocenters. The SMILES string of the molecule is O=C(O)[C@@H]1C[C@@H]2C=C[C@H]1CC2. The molecule has 2 heteroatoms. The van der Waals surface area contributed by atoms with E-state index in [0.29, 0.717) is 11.8 Å². The van der Waals surface area contributed by atoms with Gasteiger partial charge in [0, 0.05) is 0 Å². The second-order valence-corrected chi connectivity index (χ2v) is 3.57. The minimum atomic E-state index is -0.607. The molecule has 0 saturated heterocycles. The van der Waals surface area contributed by atoms with Crippen molar-refractivity contribution in [2.45, 2.75) is 19.3 Å². The third kappa shape index (κ3) is 1.06. The normalized spacial score (nSPS) is 40.9. The highest BCUT2D eigenvalue weighted by Crippen LogP contribution is 2.40. The Bertz CT molecular complexity index is 208. The summed E-state index contributed by atoms with van der Waals surface area (Å²) in [6.07, 6.45) is 7.43. The average Bonchev–Trinajstić information content (AvgIpc) is 2.06. The van der Waals surface area contributed by atoms with E-state index in [1.54, 1.807) is 0 Å². The van der Waals surface area contributed by atoms with Gasteiger partial charge in [0.1, 0.15) is 0 Å². The van der Waals surface area contributed by atoms with Gasteiger partial charge in [0.25, 0.3) is 0 Å². The Labute approximate surface area is 65.9 Å². The summed E-state index contributed by atoms with van der Waals surface area (Å²) in [5.41, 5.74) is 0. The molecule has 2 nitrogen and oxygen atoms in total. The van der Waals surface area contributed by atoms with E-state index in [1.165, 1.54) is 6.42 Å². The molecule has 0 aromatic carbocycles. The summed E-state index contributed by atoms with van der Waals surface area (Å²) >= 11 is 0. The summed E-state index contributed by atoms with van der Waals surface area (Å²) < 4.78 is 0. The molecule has 0 aromatic heterocycles. The van der Waals surface area contributed by atoms with Crippen LogP contribution in [-0.4, -0.2) is 11.1 Å². The van der Waals surface area contributed by atoms with Crippen molar-refractivity contribution in [1.29, 1.82) is 0 Å². The van der Waals surface area contributed by atoms with E-state index in [4.69, 9.17) is 5.11 Å². The monoisotopic (exact) mass is 152 g/mol. The largest absolute Gasteiger partial charge is 0.481 e. The third-order valence-corrected chi connectivity index (χ3v) is 2.89. The van der Waals surface area contributed by atoms with Gasteiger partial charge in [-0.1, -0.05) is 12.2 Å². The predicted octanol–water partition coefficient (Wildman–Crippen LogP) is 1.67. The molecule has 1 fully saturated rings. The van der Waals surface area contributed by atoms with E-state index in [9.17, 15) is 4.79 Å². The van der Waals surface area contributed by atoms with Crippen molar-refractivity contribution in [3.63, 3.8) is 0 Å². The molecule has 0 heterocycles. The summed E-state index contributed by atoms with van der Waals surface area (Å²) in [6, 6.07) is 0. The van der Waals surface area contributed by atoms with Crippen molar-refractivity contribution < 1.29 is 9.90 Å². The summed E-state index contributed by atoms with van der Waals surface area (Å²) in [6.45, 7) is 0. The lowest BCUT2D eigenvalue weighted by molar-refractivity contribution is -0.144. The highest BCUT2D eigenvalue weighted by molar-refractivity contribution is 5.71. The average molecular weight is 152 g/mol. The lowest BCUT2D eigenvalue weighted by atomic mass is 9.69. The van der Waals surface area contributed by atoms with Crippen LogP contribution in [0.15, 0.2) is 12.2 Å². The zero-order valence-corrected chi connectivity index (χ0v) is 6.36. The fourth-order valence-electron chi connectivity index (χ4n) is 2.22. The number of carboxylic acids is 1. The second-order valence-electron chi connectivity index (χ2n) is 3.57. The summed E-state index contributed by atoms with van der Waals surface area (Å²) in [4.78, 5) is 10.7. The Morgan fingerprint density at radius 3 is 2.45 bits per heavy atom. The standard InChI is InChI=1S/C9H12O2/c10-9(11)8-5-6-1-3-7(8)4-2-6/h1,3,6-8H,2,4-5H2,(H,10,11)/t6-,7+,8-/m1/s1. The number of hydrogen-bond acceptors (Lipinski definition) is 1. The van der Waals surface area contributed by atoms with Crippen molar-refractivity contribution in [1.82, 2.24) is 0 Å². The van der Waals surface area contributed by atoms with Crippen molar-refractivity contribution in [2.24, 2.45) is 17.8 Å². The summed E-state index contributed by atoms with van der Waals surface area (Å²) in [5.74, 6) is 0.196. The van der Waals surface area contributed by atoms with Crippen LogP contribution in [0.4, 0.5) is 0 Å². The molecular formula is C9H12O2. The quantitative estimate of drug-likeness (QED) is 0.580. The minimum absolute atomic E-state index is 0.0845. The van der Waals surface area contributed by atoms with Crippen molar-refractivity contribution in [2.75, 3.05) is 0 Å². The first-order valence-electron chi connectivity index (χ1n) is 4.18. The van der Waals surface area contributed by atoms with Gasteiger partial charge in [-0.2, -0.15) is 0 Å². The van der Waals surface area contributed by atoms with Gasteiger partial charge in [0.15, 0.2) is 0 Å². The van der Waals surface area contributed by atoms with Gasteiger partial charge in [-0.05, 0) is 31.1 Å². The molecule has 3 atom stereocenters. The molecule has 11 heavy (non-hydrogen) atoms. The van der Waals surface area contributed by atoms with Gasteiger partial charge in [-0.15, -0.1) is 0 Å². The number of carbonyl (C=O) groups is 1. The topological polar surface area (TPSA) is 37.3 Å². The molecular weight excluding hydrogens is 140 g/mol. The van der Waals surface area contributed by atoms with Crippen LogP contribution in [0.1, 0.15) is 19.3 Å². The third-order valence-electron chi connectivity index (χ3n) is 2.89. The maximum atomic E-state index is 10.7. The van der Waals surface area contributed by atoms with Crippen LogP contribution in [0.3, 0.4) is 0 Å². The summed E-state index contributed by atoms with van der Waals surface area (Å²) in [5, 5.41) is 8.83. The van der Waals surface area contributed by atoms with Gasteiger partial charge in [0.2, 0.25) is 0 Å². The lowest BCUT2D eigenvalue weighted by Crippen LogP contribution is -2.32. The number of carboxylic acid groups (broad SMARTS) is 1. The van der Waals surface area contributed by atoms with Gasteiger partial charge in [0.05, 0.1) is 5.92 Å². The van der Waals surface area contributed by atoms with Gasteiger partial charge >= 0.3 is 5.97 Å². The minimum Gasteiger partial charge on any atom is -0.481 e. The first-order chi connectivity index (χ1) is 5.27. The maximum Gasteiger partial charge on any atom is 0.307 e. The maximum absolute atomic E-state index is 10.7. The van der Waals surface area contributed by atoms with Crippen LogP contribution in [0, 0.1) is 17.8 Å². The molecule has 3 aliphatic rings. The van der Waals surface area contributed by atoms with Gasteiger partial charge < -0.3 is 5.11 Å². The first-order valence-corrected chi connectivity index (χ1v) is 4.18. The Morgan fingerprint density at radius 1 is 1.36 bits per heavy atom. The smallest absolute Gasteiger partial charge is 0.307 e. The fourth-order valence-corrected chi connectivity index (χ4v) is 2.22. The predicted molar refractivity (Wildman–Crippen MR) is 41.1 cm³/mol. The van der Waals surface area contributed by atoms with Crippen LogP contribution in [0.25, 0.3) is 0 Å². The van der Waals surface area contributed by atoms with E-state index in [1.807, 2.05) is 0 Å². The molecule has 0 amide bonds. The van der Waals surface area contributed by atoms with Gasteiger partial charge in [-0.25, -0.2) is 0 Å². The van der Waals surface area contributed by atoms with E-state index in [2.05, 4.69) is 12.2 Å². The van der Waals surface area contributed by atoms with Crippen molar-refractivity contribution in [3.05, 3.63) is 12.2 Å². The summed E-state index contributed by atoms with van der Waals surface area (Å²) in [7, 11) is 0. The highest BCUT2D eigenvalue weighted by Gasteiger charge is 2.35. The number of hydrogen-bond donors (Lipinski definition) is 1. The number of aliphatic carboxylic acids is 1. The highest BCUT2D eigenvalue weighted by atomic mass is 16.4. The number of rotatable bonds is 1. The van der Waals surface area contributed by atoms with E-state index in [0.717, 1.165) is 12.8 Å². The molecule has 3 rings (SSSR count). The zero-order chi connectivity index (χ0) is 7.84. The van der Waals surface area contributed by atoms with Crippen LogP contribution < -0.4 is 0 Å². The van der Waals surface area contributed by atoms with E-state index >= 15 is 0 Å². The van der Waals surface area contributed by atoms with Crippen molar-refractivity contribution >= 4 is 5.97 Å². The second kappa shape index (κ2) is 2.36. The molecule has 1 N–H and O–H groups in total. The zero-order valence-electron chi connectivity index (χ0n) is 6.36. The van der Waals surface area contributed by atoms with E-state index in [-0.39, 0.29) is 5.92 Å². The molecule has 0 aromatic rings. The number of fused-ring (bicyclic) bond motifs is 2. The molecule has 0 radical (unpaired) electrons. The molecule has 3 aliphatic carbocycles. The van der Waals surface area contributed by atoms with Crippen LogP contribution in [0.2, 0.25) is 0 Å².